The van der Waals surface area contributed by atoms with E-state index in [4.69, 9.17) is 0 Å². The van der Waals surface area contributed by atoms with Gasteiger partial charge in [0.1, 0.15) is 12.1 Å². The van der Waals surface area contributed by atoms with Gasteiger partial charge in [0.15, 0.2) is 0 Å². The lowest BCUT2D eigenvalue weighted by Crippen LogP contribution is -2.06. The fourth-order valence-electron chi connectivity index (χ4n) is 2.62. The molecular formula is C16H19N3. The summed E-state index contributed by atoms with van der Waals surface area (Å²) in [5, 5.41) is 4.54. The van der Waals surface area contributed by atoms with E-state index in [2.05, 4.69) is 27.4 Å². The average Bonchev–Trinajstić information content (AvgIpc) is 2.49. The number of hydrogen-bond donors (Lipinski definition) is 1. The highest BCUT2D eigenvalue weighted by atomic mass is 15.0. The summed E-state index contributed by atoms with van der Waals surface area (Å²) in [5.74, 6) is 0.946. The number of hydrogen-bond acceptors (Lipinski definition) is 3. The second-order valence-electron chi connectivity index (χ2n) is 5.02. The maximum absolute atomic E-state index is 4.35. The summed E-state index contributed by atoms with van der Waals surface area (Å²) in [6.45, 7) is 0.951. The molecule has 0 radical (unpaired) electrons. The van der Waals surface area contributed by atoms with E-state index >= 15 is 0 Å². The number of benzene rings is 1. The molecule has 3 rings (SSSR count). The molecular weight excluding hydrogens is 234 g/mol. The third-order valence-electron chi connectivity index (χ3n) is 3.67. The first-order chi connectivity index (χ1) is 9.43. The smallest absolute Gasteiger partial charge is 0.137 e. The lowest BCUT2D eigenvalue weighted by Gasteiger charge is -2.13. The van der Waals surface area contributed by atoms with Crippen molar-refractivity contribution in [3.63, 3.8) is 0 Å². The van der Waals surface area contributed by atoms with Crippen LogP contribution in [0.15, 0.2) is 42.2 Å². The van der Waals surface area contributed by atoms with Gasteiger partial charge in [0, 0.05) is 11.9 Å². The van der Waals surface area contributed by atoms with Crippen molar-refractivity contribution < 1.29 is 0 Å². The monoisotopic (exact) mass is 253 g/mol. The topological polar surface area (TPSA) is 37.8 Å². The largest absolute Gasteiger partial charge is 0.369 e. The Labute approximate surface area is 113 Å². The quantitative estimate of drug-likeness (QED) is 0.839. The van der Waals surface area contributed by atoms with Crippen molar-refractivity contribution in [3.05, 3.63) is 42.2 Å². The van der Waals surface area contributed by atoms with Crippen molar-refractivity contribution in [1.29, 1.82) is 0 Å². The molecule has 1 N–H and O–H groups in total. The standard InChI is InChI=1S/C16H19N3/c1-2-6-13(7-3-1)10-11-17-16-14-8-4-5-9-15(14)18-12-19-16/h4-6,8-9,12H,1-3,7,10-11H2,(H,17,18,19). The molecule has 1 aromatic carbocycles. The third-order valence-corrected chi connectivity index (χ3v) is 3.67. The molecule has 0 saturated heterocycles. The van der Waals surface area contributed by atoms with E-state index in [-0.39, 0.29) is 0 Å². The zero-order valence-electron chi connectivity index (χ0n) is 11.1. The Morgan fingerprint density at radius 1 is 1.11 bits per heavy atom. The van der Waals surface area contributed by atoms with E-state index in [1.54, 1.807) is 11.9 Å². The summed E-state index contributed by atoms with van der Waals surface area (Å²) >= 11 is 0. The minimum Gasteiger partial charge on any atom is -0.369 e. The van der Waals surface area contributed by atoms with E-state index in [0.29, 0.717) is 0 Å². The molecule has 0 aliphatic heterocycles. The molecule has 0 amide bonds. The highest BCUT2D eigenvalue weighted by molar-refractivity contribution is 5.88. The maximum Gasteiger partial charge on any atom is 0.137 e. The van der Waals surface area contributed by atoms with Crippen LogP contribution in [0.1, 0.15) is 32.1 Å². The van der Waals surface area contributed by atoms with Crippen LogP contribution >= 0.6 is 0 Å². The van der Waals surface area contributed by atoms with Crippen LogP contribution in [0, 0.1) is 0 Å². The number of fused-ring (bicyclic) bond motifs is 1. The van der Waals surface area contributed by atoms with Crippen molar-refractivity contribution in [3.8, 4) is 0 Å². The number of rotatable bonds is 4. The van der Waals surface area contributed by atoms with Crippen molar-refractivity contribution in [2.45, 2.75) is 32.1 Å². The van der Waals surface area contributed by atoms with Gasteiger partial charge in [-0.25, -0.2) is 9.97 Å². The second-order valence-corrected chi connectivity index (χ2v) is 5.02. The molecule has 3 heteroatoms. The molecule has 1 aliphatic rings. The molecule has 0 fully saturated rings. The molecule has 1 heterocycles. The Bertz CT molecular complexity index is 584. The summed E-state index contributed by atoms with van der Waals surface area (Å²) in [7, 11) is 0. The molecule has 0 atom stereocenters. The Morgan fingerprint density at radius 3 is 2.95 bits per heavy atom. The molecule has 0 unspecified atom stereocenters. The van der Waals surface area contributed by atoms with Crippen LogP contribution in [0.4, 0.5) is 5.82 Å². The molecule has 1 aromatic heterocycles. The molecule has 19 heavy (non-hydrogen) atoms. The predicted molar refractivity (Wildman–Crippen MR) is 79.2 cm³/mol. The summed E-state index contributed by atoms with van der Waals surface area (Å²) in [4.78, 5) is 8.63. The molecule has 1 aliphatic carbocycles. The van der Waals surface area contributed by atoms with Gasteiger partial charge in [0.2, 0.25) is 0 Å². The lowest BCUT2D eigenvalue weighted by molar-refractivity contribution is 0.679. The Hall–Kier alpha value is -1.90. The Balaban J connectivity index is 1.66. The van der Waals surface area contributed by atoms with E-state index in [1.165, 1.54) is 25.7 Å². The molecule has 0 bridgehead atoms. The van der Waals surface area contributed by atoms with Gasteiger partial charge in [-0.3, -0.25) is 0 Å². The molecule has 3 nitrogen and oxygen atoms in total. The van der Waals surface area contributed by atoms with Crippen LogP contribution in [-0.4, -0.2) is 16.5 Å². The zero-order chi connectivity index (χ0) is 12.9. The number of nitrogens with one attached hydrogen (secondary N) is 1. The fraction of sp³-hybridized carbons (Fsp3) is 0.375. The normalized spacial score (nSPS) is 15.3. The highest BCUT2D eigenvalue weighted by Gasteiger charge is 2.05. The second kappa shape index (κ2) is 5.83. The first-order valence-electron chi connectivity index (χ1n) is 7.05. The lowest BCUT2D eigenvalue weighted by atomic mass is 9.97. The summed E-state index contributed by atoms with van der Waals surface area (Å²) in [5.41, 5.74) is 2.59. The fourth-order valence-corrected chi connectivity index (χ4v) is 2.62. The number of nitrogens with zero attached hydrogens (tertiary/aromatic N) is 2. The van der Waals surface area contributed by atoms with Gasteiger partial charge >= 0.3 is 0 Å². The van der Waals surface area contributed by atoms with Crippen molar-refractivity contribution in [2.24, 2.45) is 0 Å². The van der Waals surface area contributed by atoms with Gasteiger partial charge in [0.25, 0.3) is 0 Å². The minimum absolute atomic E-state index is 0.946. The van der Waals surface area contributed by atoms with Crippen LogP contribution in [-0.2, 0) is 0 Å². The van der Waals surface area contributed by atoms with Crippen molar-refractivity contribution in [2.75, 3.05) is 11.9 Å². The first kappa shape index (κ1) is 12.2. The number of aromatic nitrogens is 2. The highest BCUT2D eigenvalue weighted by Crippen LogP contribution is 2.21. The van der Waals surface area contributed by atoms with Gasteiger partial charge in [-0.2, -0.15) is 0 Å². The number of allylic oxidation sites excluding steroid dienone is 1. The number of para-hydroxylation sites is 1. The van der Waals surface area contributed by atoms with Gasteiger partial charge in [-0.05, 0) is 44.2 Å². The first-order valence-corrected chi connectivity index (χ1v) is 7.05. The average molecular weight is 253 g/mol. The molecule has 98 valence electrons. The van der Waals surface area contributed by atoms with Gasteiger partial charge in [-0.1, -0.05) is 23.8 Å². The number of anilines is 1. The molecule has 0 spiro atoms. The van der Waals surface area contributed by atoms with Crippen molar-refractivity contribution >= 4 is 16.7 Å². The van der Waals surface area contributed by atoms with Crippen LogP contribution in [0.2, 0.25) is 0 Å². The van der Waals surface area contributed by atoms with Crippen molar-refractivity contribution in [1.82, 2.24) is 9.97 Å². The SMILES string of the molecule is C1=C(CCNc2ncnc3ccccc23)CCCC1. The Morgan fingerprint density at radius 2 is 2.05 bits per heavy atom. The van der Waals surface area contributed by atoms with E-state index in [0.717, 1.165) is 29.7 Å². The van der Waals surface area contributed by atoms with E-state index in [9.17, 15) is 0 Å². The van der Waals surface area contributed by atoms with Crippen LogP contribution in [0.25, 0.3) is 10.9 Å². The van der Waals surface area contributed by atoms with Crippen LogP contribution in [0.5, 0.6) is 0 Å². The van der Waals surface area contributed by atoms with Crippen LogP contribution in [0.3, 0.4) is 0 Å². The van der Waals surface area contributed by atoms with Crippen LogP contribution < -0.4 is 5.32 Å². The zero-order valence-corrected chi connectivity index (χ0v) is 11.1. The van der Waals surface area contributed by atoms with E-state index < -0.39 is 0 Å². The maximum atomic E-state index is 4.35. The Kier molecular flexibility index (Phi) is 3.73. The summed E-state index contributed by atoms with van der Waals surface area (Å²) in [6.07, 6.45) is 10.4. The molecule has 0 saturated carbocycles. The summed E-state index contributed by atoms with van der Waals surface area (Å²) < 4.78 is 0. The summed E-state index contributed by atoms with van der Waals surface area (Å²) in [6, 6.07) is 8.12. The predicted octanol–water partition coefficient (Wildman–Crippen LogP) is 3.93. The molecule has 2 aromatic rings. The minimum atomic E-state index is 0.946. The van der Waals surface area contributed by atoms with Gasteiger partial charge in [0.05, 0.1) is 5.52 Å². The van der Waals surface area contributed by atoms with E-state index in [1.807, 2.05) is 18.2 Å². The third kappa shape index (κ3) is 2.92. The van der Waals surface area contributed by atoms with Gasteiger partial charge < -0.3 is 5.32 Å². The van der Waals surface area contributed by atoms with Gasteiger partial charge in [-0.15, -0.1) is 0 Å².